The molecule has 0 aliphatic heterocycles. The second-order valence-corrected chi connectivity index (χ2v) is 4.00. The lowest BCUT2D eigenvalue weighted by Crippen LogP contribution is -2.03. The molecule has 0 spiro atoms. The van der Waals surface area contributed by atoms with E-state index in [4.69, 9.17) is 4.52 Å². The smallest absolute Gasteiger partial charge is 0.328 e. The van der Waals surface area contributed by atoms with Gasteiger partial charge in [-0.15, -0.1) is 0 Å². The molecule has 1 atom stereocenters. The fourth-order valence-electron chi connectivity index (χ4n) is 0.654. The van der Waals surface area contributed by atoms with Crippen molar-refractivity contribution in [2.45, 2.75) is 32.4 Å². The van der Waals surface area contributed by atoms with Crippen molar-refractivity contribution in [3.63, 3.8) is 0 Å². The summed E-state index contributed by atoms with van der Waals surface area (Å²) in [6.07, 6.45) is -2.78. The van der Waals surface area contributed by atoms with E-state index in [0.29, 0.717) is 6.61 Å². The highest BCUT2D eigenvalue weighted by Crippen LogP contribution is 2.27. The van der Waals surface area contributed by atoms with E-state index >= 15 is 0 Å². The highest BCUT2D eigenvalue weighted by molar-refractivity contribution is 7.42. The molecule has 1 unspecified atom stereocenters. The minimum Gasteiger partial charge on any atom is -0.328 e. The molecule has 0 N–H and O–H groups in total. The Balaban J connectivity index is 3.61. The van der Waals surface area contributed by atoms with Gasteiger partial charge in [-0.2, -0.15) is 13.2 Å². The molecule has 6 heteroatoms. The summed E-state index contributed by atoms with van der Waals surface area (Å²) in [6, 6.07) is 0. The molecule has 0 aliphatic carbocycles. The van der Waals surface area contributed by atoms with Crippen LogP contribution in [-0.2, 0) is 9.09 Å². The van der Waals surface area contributed by atoms with Gasteiger partial charge in [-0.25, -0.2) is 0 Å². The maximum atomic E-state index is 11.6. The van der Waals surface area contributed by atoms with Crippen LogP contribution >= 0.6 is 8.03 Å². The zero-order chi connectivity index (χ0) is 11.0. The monoisotopic (exact) mass is 230 g/mol. The first-order valence-electron chi connectivity index (χ1n) is 4.35. The largest absolute Gasteiger partial charge is 0.392 e. The zero-order valence-corrected chi connectivity index (χ0v) is 8.93. The van der Waals surface area contributed by atoms with Crippen LogP contribution < -0.4 is 0 Å². The molecule has 0 heterocycles. The number of allylic oxidation sites excluding steroid dienone is 1. The summed E-state index contributed by atoms with van der Waals surface area (Å²) in [5, 5.41) is 0. The van der Waals surface area contributed by atoms with Crippen molar-refractivity contribution in [2.75, 3.05) is 6.61 Å². The van der Waals surface area contributed by atoms with Gasteiger partial charge < -0.3 is 4.52 Å². The van der Waals surface area contributed by atoms with Crippen LogP contribution in [0, 0.1) is 0 Å². The van der Waals surface area contributed by atoms with Crippen LogP contribution in [0.15, 0.2) is 11.9 Å². The lowest BCUT2D eigenvalue weighted by atomic mass is 10.4. The van der Waals surface area contributed by atoms with Gasteiger partial charge in [0.25, 0.3) is 0 Å². The summed E-state index contributed by atoms with van der Waals surface area (Å²) in [5.74, 6) is 0.994. The maximum absolute atomic E-state index is 11.6. The Hall–Kier alpha value is -0.280. The molecule has 2 nitrogen and oxygen atoms in total. The quantitative estimate of drug-likeness (QED) is 0.513. The van der Waals surface area contributed by atoms with E-state index in [1.54, 1.807) is 0 Å². The molecule has 14 heavy (non-hydrogen) atoms. The molecule has 0 saturated heterocycles. The van der Waals surface area contributed by atoms with E-state index in [9.17, 15) is 17.7 Å². The Morgan fingerprint density at radius 2 is 2.07 bits per heavy atom. The van der Waals surface area contributed by atoms with Crippen LogP contribution in [0.3, 0.4) is 0 Å². The number of unbranched alkanes of at least 4 members (excludes halogenated alkanes) is 1. The molecule has 0 aromatic heterocycles. The third-order valence-electron chi connectivity index (χ3n) is 1.35. The van der Waals surface area contributed by atoms with Gasteiger partial charge in [0.15, 0.2) is 0 Å². The first-order valence-corrected chi connectivity index (χ1v) is 5.75. The van der Waals surface area contributed by atoms with Crippen LogP contribution in [0.25, 0.3) is 0 Å². The molecule has 0 aromatic rings. The number of hydrogen-bond donors (Lipinski definition) is 0. The van der Waals surface area contributed by atoms with E-state index in [0.717, 1.165) is 24.7 Å². The maximum Gasteiger partial charge on any atom is 0.392 e. The van der Waals surface area contributed by atoms with Gasteiger partial charge in [-0.3, -0.25) is 4.57 Å². The summed E-state index contributed by atoms with van der Waals surface area (Å²) in [5.41, 5.74) is 0. The van der Waals surface area contributed by atoms with E-state index in [2.05, 4.69) is 0 Å². The van der Waals surface area contributed by atoms with E-state index < -0.39 is 20.6 Å². The number of hydrogen-bond acceptors (Lipinski definition) is 2. The van der Waals surface area contributed by atoms with Gasteiger partial charge in [-0.05, 0) is 12.2 Å². The van der Waals surface area contributed by atoms with Crippen molar-refractivity contribution >= 4 is 8.03 Å². The van der Waals surface area contributed by atoms with Crippen molar-refractivity contribution in [3.05, 3.63) is 11.9 Å². The van der Waals surface area contributed by atoms with Crippen LogP contribution in [0.4, 0.5) is 13.2 Å². The average Bonchev–Trinajstić information content (AvgIpc) is 2.02. The second-order valence-electron chi connectivity index (χ2n) is 2.74. The van der Waals surface area contributed by atoms with Gasteiger partial charge in [0.05, 0.1) is 13.0 Å². The average molecular weight is 230 g/mol. The first kappa shape index (κ1) is 13.7. The fourth-order valence-corrected chi connectivity index (χ4v) is 1.41. The molecular formula is C8H14F3O2P. The zero-order valence-electron chi connectivity index (χ0n) is 7.93. The molecule has 0 aromatic carbocycles. The van der Waals surface area contributed by atoms with Crippen molar-refractivity contribution in [1.29, 1.82) is 0 Å². The number of alkyl halides is 3. The molecule has 0 bridgehead atoms. The predicted molar refractivity (Wildman–Crippen MR) is 49.7 cm³/mol. The molecular weight excluding hydrogens is 216 g/mol. The van der Waals surface area contributed by atoms with Crippen molar-refractivity contribution in [2.24, 2.45) is 0 Å². The van der Waals surface area contributed by atoms with Crippen molar-refractivity contribution in [3.8, 4) is 0 Å². The summed E-state index contributed by atoms with van der Waals surface area (Å²) < 4.78 is 50.6. The Morgan fingerprint density at radius 1 is 1.43 bits per heavy atom. The Morgan fingerprint density at radius 3 is 2.57 bits per heavy atom. The third-order valence-corrected chi connectivity index (χ3v) is 2.34. The molecule has 0 fully saturated rings. The topological polar surface area (TPSA) is 26.3 Å². The van der Waals surface area contributed by atoms with Gasteiger partial charge in [0, 0.05) is 0 Å². The fraction of sp³-hybridized carbons (Fsp3) is 0.750. The molecule has 0 amide bonds. The molecule has 0 radical (unpaired) electrons. The van der Waals surface area contributed by atoms with Crippen molar-refractivity contribution < 1.29 is 22.3 Å². The molecule has 0 rings (SSSR count). The van der Waals surface area contributed by atoms with Gasteiger partial charge >= 0.3 is 6.18 Å². The minimum atomic E-state index is -4.23. The third kappa shape index (κ3) is 9.81. The SMILES string of the molecule is CCCCO[PH](=O)C=CCC(F)(F)F. The van der Waals surface area contributed by atoms with E-state index in [-0.39, 0.29) is 0 Å². The van der Waals surface area contributed by atoms with Crippen LogP contribution in [-0.4, -0.2) is 12.8 Å². The van der Waals surface area contributed by atoms with Gasteiger partial charge in [0.2, 0.25) is 8.03 Å². The lowest BCUT2D eigenvalue weighted by molar-refractivity contribution is -0.124. The lowest BCUT2D eigenvalue weighted by Gasteiger charge is -2.01. The first-order chi connectivity index (χ1) is 6.45. The number of rotatable bonds is 6. The van der Waals surface area contributed by atoms with Crippen LogP contribution in [0.5, 0.6) is 0 Å². The van der Waals surface area contributed by atoms with E-state index in [1.807, 2.05) is 6.92 Å². The van der Waals surface area contributed by atoms with Gasteiger partial charge in [0.1, 0.15) is 0 Å². The molecule has 0 saturated carbocycles. The summed E-state index contributed by atoms with van der Waals surface area (Å²) in [4.78, 5) is 0. The highest BCUT2D eigenvalue weighted by atomic mass is 31.1. The summed E-state index contributed by atoms with van der Waals surface area (Å²) in [7, 11) is -2.41. The van der Waals surface area contributed by atoms with Crippen LogP contribution in [0.2, 0.25) is 0 Å². The standard InChI is InChI=1S/C8H14F3O2P/c1-2-3-6-13-14(12)7-4-5-8(9,10)11/h4,7,14H,2-3,5-6H2,1H3. The molecule has 84 valence electrons. The van der Waals surface area contributed by atoms with Crippen LogP contribution in [0.1, 0.15) is 26.2 Å². The number of halogens is 3. The summed E-state index contributed by atoms with van der Waals surface area (Å²) in [6.45, 7) is 2.28. The minimum absolute atomic E-state index is 0.338. The van der Waals surface area contributed by atoms with Crippen molar-refractivity contribution in [1.82, 2.24) is 0 Å². The second kappa shape index (κ2) is 7.07. The highest BCUT2D eigenvalue weighted by Gasteiger charge is 2.24. The summed E-state index contributed by atoms with van der Waals surface area (Å²) >= 11 is 0. The van der Waals surface area contributed by atoms with E-state index in [1.165, 1.54) is 0 Å². The molecule has 0 aliphatic rings. The Labute approximate surface area is 82.0 Å². The Kier molecular flexibility index (Phi) is 6.93. The Bertz CT molecular complexity index is 201. The predicted octanol–water partition coefficient (Wildman–Crippen LogP) is 3.74. The normalized spacial score (nSPS) is 14.9. The van der Waals surface area contributed by atoms with Gasteiger partial charge in [-0.1, -0.05) is 19.4 Å².